The minimum Gasteiger partial charge on any atom is -0.462 e. The molecule has 0 heterocycles. The van der Waals surface area contributed by atoms with Gasteiger partial charge in [-0.05, 0) is 38.5 Å². The number of rotatable bonds is 44. The maximum absolute atomic E-state index is 12.6. The van der Waals surface area contributed by atoms with Crippen molar-refractivity contribution in [2.45, 2.75) is 238 Å². The van der Waals surface area contributed by atoms with Crippen LogP contribution in [0, 0.1) is 0 Å². The van der Waals surface area contributed by atoms with E-state index in [9.17, 15) is 19.0 Å². The maximum atomic E-state index is 12.6. The van der Waals surface area contributed by atoms with Gasteiger partial charge in [-0.25, -0.2) is 4.57 Å². The predicted octanol–water partition coefficient (Wildman–Crippen LogP) is 13.4. The number of carbonyl (C=O) groups excluding carboxylic acids is 2. The lowest BCUT2D eigenvalue weighted by molar-refractivity contribution is -0.161. The summed E-state index contributed by atoms with van der Waals surface area (Å²) < 4.78 is 32.8. The highest BCUT2D eigenvalue weighted by atomic mass is 31.2. The highest BCUT2D eigenvalue weighted by Crippen LogP contribution is 2.43. The minimum atomic E-state index is -4.37. The van der Waals surface area contributed by atoms with E-state index >= 15 is 0 Å². The van der Waals surface area contributed by atoms with Crippen LogP contribution in [0.2, 0.25) is 0 Å². The number of phosphoric ester groups is 1. The van der Waals surface area contributed by atoms with Gasteiger partial charge < -0.3 is 20.1 Å². The van der Waals surface area contributed by atoms with E-state index < -0.39 is 26.5 Å². The fourth-order valence-electron chi connectivity index (χ4n) is 6.69. The summed E-state index contributed by atoms with van der Waals surface area (Å²) in [7, 11) is -4.37. The fourth-order valence-corrected chi connectivity index (χ4v) is 7.45. The van der Waals surface area contributed by atoms with Gasteiger partial charge in [0, 0.05) is 19.4 Å². The van der Waals surface area contributed by atoms with Crippen molar-refractivity contribution in [3.05, 3.63) is 12.2 Å². The number of allylic oxidation sites excluding steroid dienone is 2. The Labute approximate surface area is 339 Å². The number of hydrogen-bond donors (Lipinski definition) is 2. The summed E-state index contributed by atoms with van der Waals surface area (Å²) in [5, 5.41) is 0. The van der Waals surface area contributed by atoms with Crippen molar-refractivity contribution in [2.75, 3.05) is 26.4 Å². The standard InChI is InChI=1S/C45H88NO8P/c1-3-5-7-9-11-13-15-17-19-21-23-25-27-29-31-33-35-37-44(47)51-41-43(42-53-55(49,50)52-40-39-46)54-45(48)38-36-34-32-30-28-26-24-22-20-18-16-14-12-10-8-6-4-2/h17,19,43H,3-16,18,20-42,46H2,1-2H3,(H,49,50)/b19-17-/t43-/m1/s1. The first-order valence-corrected chi connectivity index (χ1v) is 24.7. The molecular formula is C45H88NO8P. The second-order valence-corrected chi connectivity index (χ2v) is 17.1. The number of unbranched alkanes of at least 4 members (excludes halogenated alkanes) is 29. The second-order valence-electron chi connectivity index (χ2n) is 15.6. The summed E-state index contributed by atoms with van der Waals surface area (Å²) in [6, 6.07) is 0. The number of esters is 2. The number of carbonyl (C=O) groups is 2. The van der Waals surface area contributed by atoms with Gasteiger partial charge in [0.05, 0.1) is 13.2 Å². The van der Waals surface area contributed by atoms with E-state index in [0.29, 0.717) is 6.42 Å². The predicted molar refractivity (Wildman–Crippen MR) is 229 cm³/mol. The van der Waals surface area contributed by atoms with Crippen LogP contribution in [-0.4, -0.2) is 49.3 Å². The minimum absolute atomic E-state index is 0.0558. The molecule has 1 unspecified atom stereocenters. The zero-order chi connectivity index (χ0) is 40.3. The number of nitrogens with two attached hydrogens (primary N) is 1. The quantitative estimate of drug-likeness (QED) is 0.0267. The Balaban J connectivity index is 4.08. The highest BCUT2D eigenvalue weighted by Gasteiger charge is 2.26. The van der Waals surface area contributed by atoms with Gasteiger partial charge in [-0.3, -0.25) is 18.6 Å². The van der Waals surface area contributed by atoms with E-state index in [1.807, 2.05) is 0 Å². The molecule has 326 valence electrons. The Bertz CT molecular complexity index is 917. The van der Waals surface area contributed by atoms with E-state index in [4.69, 9.17) is 24.3 Å². The third kappa shape index (κ3) is 42.2. The van der Waals surface area contributed by atoms with Gasteiger partial charge in [0.1, 0.15) is 6.61 Å². The molecule has 10 heteroatoms. The highest BCUT2D eigenvalue weighted by molar-refractivity contribution is 7.47. The Morgan fingerprint density at radius 3 is 1.29 bits per heavy atom. The lowest BCUT2D eigenvalue weighted by Crippen LogP contribution is -2.29. The van der Waals surface area contributed by atoms with Crippen molar-refractivity contribution in [2.24, 2.45) is 5.73 Å². The molecule has 0 fully saturated rings. The van der Waals surface area contributed by atoms with Gasteiger partial charge in [-0.2, -0.15) is 0 Å². The van der Waals surface area contributed by atoms with E-state index in [0.717, 1.165) is 32.1 Å². The third-order valence-electron chi connectivity index (χ3n) is 10.2. The molecular weight excluding hydrogens is 713 g/mol. The van der Waals surface area contributed by atoms with Crippen LogP contribution in [0.3, 0.4) is 0 Å². The number of hydrogen-bond acceptors (Lipinski definition) is 8. The third-order valence-corrected chi connectivity index (χ3v) is 11.1. The number of phosphoric acid groups is 1. The van der Waals surface area contributed by atoms with E-state index in [2.05, 4.69) is 26.0 Å². The number of ether oxygens (including phenoxy) is 2. The first-order valence-electron chi connectivity index (χ1n) is 23.2. The molecule has 0 saturated heterocycles. The van der Waals surface area contributed by atoms with Gasteiger partial charge in [-0.15, -0.1) is 0 Å². The van der Waals surface area contributed by atoms with Crippen LogP contribution in [0.1, 0.15) is 232 Å². The Morgan fingerprint density at radius 2 is 0.891 bits per heavy atom. The monoisotopic (exact) mass is 802 g/mol. The van der Waals surface area contributed by atoms with Crippen molar-refractivity contribution in [1.29, 1.82) is 0 Å². The molecule has 0 amide bonds. The summed E-state index contributed by atoms with van der Waals surface area (Å²) in [5.74, 6) is -0.820. The molecule has 0 aliphatic heterocycles. The molecule has 0 radical (unpaired) electrons. The van der Waals surface area contributed by atoms with Crippen LogP contribution in [0.5, 0.6) is 0 Å². The summed E-state index contributed by atoms with van der Waals surface area (Å²) in [4.78, 5) is 34.9. The van der Waals surface area contributed by atoms with Crippen LogP contribution in [0.25, 0.3) is 0 Å². The zero-order valence-corrected chi connectivity index (χ0v) is 36.8. The van der Waals surface area contributed by atoms with Crippen molar-refractivity contribution in [3.63, 3.8) is 0 Å². The molecule has 0 aromatic rings. The van der Waals surface area contributed by atoms with E-state index in [-0.39, 0.29) is 38.6 Å². The molecule has 3 N–H and O–H groups in total. The van der Waals surface area contributed by atoms with Crippen molar-refractivity contribution < 1.29 is 37.6 Å². The molecule has 55 heavy (non-hydrogen) atoms. The second kappa shape index (κ2) is 42.4. The van der Waals surface area contributed by atoms with Crippen molar-refractivity contribution in [1.82, 2.24) is 0 Å². The Kier molecular flexibility index (Phi) is 41.4. The molecule has 0 aromatic heterocycles. The topological polar surface area (TPSA) is 134 Å². The zero-order valence-electron chi connectivity index (χ0n) is 35.9. The molecule has 0 rings (SSSR count). The molecule has 0 saturated carbocycles. The fraction of sp³-hybridized carbons (Fsp3) is 0.911. The van der Waals surface area contributed by atoms with Gasteiger partial charge >= 0.3 is 19.8 Å². The lowest BCUT2D eigenvalue weighted by Gasteiger charge is -2.19. The van der Waals surface area contributed by atoms with Crippen LogP contribution in [-0.2, 0) is 32.7 Å². The van der Waals surface area contributed by atoms with Crippen LogP contribution >= 0.6 is 7.82 Å². The average Bonchev–Trinajstić information content (AvgIpc) is 3.17. The summed E-state index contributed by atoms with van der Waals surface area (Å²) in [6.45, 7) is 3.76. The molecule has 0 bridgehead atoms. The summed E-state index contributed by atoms with van der Waals surface area (Å²) >= 11 is 0. The lowest BCUT2D eigenvalue weighted by atomic mass is 10.0. The maximum Gasteiger partial charge on any atom is 0.472 e. The smallest absolute Gasteiger partial charge is 0.462 e. The van der Waals surface area contributed by atoms with Crippen molar-refractivity contribution in [3.8, 4) is 0 Å². The summed E-state index contributed by atoms with van der Waals surface area (Å²) in [6.07, 6.45) is 43.8. The largest absolute Gasteiger partial charge is 0.472 e. The summed E-state index contributed by atoms with van der Waals surface area (Å²) in [5.41, 5.74) is 5.35. The average molecular weight is 802 g/mol. The molecule has 0 spiro atoms. The first kappa shape index (κ1) is 53.8. The van der Waals surface area contributed by atoms with Crippen LogP contribution in [0.4, 0.5) is 0 Å². The van der Waals surface area contributed by atoms with Gasteiger partial charge in [0.15, 0.2) is 6.10 Å². The Hall–Kier alpha value is -1.25. The normalized spacial score (nSPS) is 13.3. The Morgan fingerprint density at radius 1 is 0.527 bits per heavy atom. The molecule has 0 aliphatic carbocycles. The molecule has 0 aliphatic rings. The van der Waals surface area contributed by atoms with Gasteiger partial charge in [-0.1, -0.05) is 193 Å². The van der Waals surface area contributed by atoms with Crippen LogP contribution in [0.15, 0.2) is 12.2 Å². The van der Waals surface area contributed by atoms with E-state index in [1.54, 1.807) is 0 Å². The van der Waals surface area contributed by atoms with E-state index in [1.165, 1.54) is 167 Å². The van der Waals surface area contributed by atoms with Crippen LogP contribution < -0.4 is 5.73 Å². The molecule has 0 aromatic carbocycles. The SMILES string of the molecule is CCCCCCCC/C=C\CCCCCCCCCC(=O)OC[C@H](COP(=O)(O)OCCN)OC(=O)CCCCCCCCCCCCCCCCCCC. The molecule has 9 nitrogen and oxygen atoms in total. The van der Waals surface area contributed by atoms with Crippen molar-refractivity contribution >= 4 is 19.8 Å². The van der Waals surface area contributed by atoms with Gasteiger partial charge in [0.2, 0.25) is 0 Å². The molecule has 2 atom stereocenters. The van der Waals surface area contributed by atoms with Gasteiger partial charge in [0.25, 0.3) is 0 Å². The first-order chi connectivity index (χ1) is 26.8.